The largest absolute Gasteiger partial charge is 0.379 e. The highest BCUT2D eigenvalue weighted by Crippen LogP contribution is 2.38. The predicted molar refractivity (Wildman–Crippen MR) is 97.4 cm³/mol. The zero-order valence-corrected chi connectivity index (χ0v) is 15.2. The number of amides is 1. The number of aliphatic imine (C=N–C) groups is 1. The molecule has 3 rings (SSSR count). The molecular formula is C16H14ClF2N5OS. The van der Waals surface area contributed by atoms with Gasteiger partial charge in [-0.15, -0.1) is 0 Å². The molecule has 1 aromatic heterocycles. The summed E-state index contributed by atoms with van der Waals surface area (Å²) in [5.41, 5.74) is 4.82. The number of anilines is 1. The molecule has 26 heavy (non-hydrogen) atoms. The third kappa shape index (κ3) is 3.78. The fraction of sp³-hybridized carbons (Fsp3) is 0.250. The Morgan fingerprint density at radius 3 is 2.77 bits per heavy atom. The van der Waals surface area contributed by atoms with E-state index in [9.17, 15) is 13.6 Å². The molecule has 0 saturated carbocycles. The van der Waals surface area contributed by atoms with E-state index in [1.54, 1.807) is 6.92 Å². The molecule has 10 heteroatoms. The molecule has 2 aromatic rings. The Bertz CT molecular complexity index is 893. The van der Waals surface area contributed by atoms with Gasteiger partial charge in [0.05, 0.1) is 17.9 Å². The summed E-state index contributed by atoms with van der Waals surface area (Å²) >= 11 is 6.98. The van der Waals surface area contributed by atoms with Crippen LogP contribution in [0.4, 0.5) is 14.5 Å². The summed E-state index contributed by atoms with van der Waals surface area (Å²) < 4.78 is 28.5. The van der Waals surface area contributed by atoms with Crippen LogP contribution in [0.5, 0.6) is 0 Å². The minimum atomic E-state index is -1.09. The first kappa shape index (κ1) is 18.5. The SMILES string of the molecule is CC1(c2cc(NC(=O)c3cnc(Cl)cn3)cc(F)c2F)CCSC(N)=N1. The van der Waals surface area contributed by atoms with E-state index in [1.807, 2.05) is 0 Å². The molecule has 0 saturated heterocycles. The Morgan fingerprint density at radius 2 is 2.12 bits per heavy atom. The normalized spacial score (nSPS) is 19.8. The van der Waals surface area contributed by atoms with Gasteiger partial charge < -0.3 is 11.1 Å². The average Bonchev–Trinajstić information content (AvgIpc) is 2.58. The lowest BCUT2D eigenvalue weighted by Crippen LogP contribution is -2.30. The summed E-state index contributed by atoms with van der Waals surface area (Å²) in [6.07, 6.45) is 2.88. The number of carbonyl (C=O) groups is 1. The van der Waals surface area contributed by atoms with Crippen LogP contribution in [-0.2, 0) is 5.54 Å². The Hall–Kier alpha value is -2.26. The van der Waals surface area contributed by atoms with Crippen LogP contribution < -0.4 is 11.1 Å². The number of halogens is 3. The van der Waals surface area contributed by atoms with Gasteiger partial charge in [-0.2, -0.15) is 0 Å². The van der Waals surface area contributed by atoms with Crippen LogP contribution in [0, 0.1) is 11.6 Å². The highest BCUT2D eigenvalue weighted by atomic mass is 35.5. The van der Waals surface area contributed by atoms with Crippen LogP contribution in [0.1, 0.15) is 29.4 Å². The first-order valence-corrected chi connectivity index (χ1v) is 8.91. The number of aromatic nitrogens is 2. The quantitative estimate of drug-likeness (QED) is 0.828. The van der Waals surface area contributed by atoms with Crippen molar-refractivity contribution in [2.24, 2.45) is 10.7 Å². The Morgan fingerprint density at radius 1 is 1.35 bits per heavy atom. The lowest BCUT2D eigenvalue weighted by atomic mass is 9.89. The fourth-order valence-electron chi connectivity index (χ4n) is 2.56. The number of rotatable bonds is 3. The molecule has 1 aliphatic rings. The van der Waals surface area contributed by atoms with Crippen molar-refractivity contribution in [2.75, 3.05) is 11.1 Å². The Labute approximate surface area is 157 Å². The monoisotopic (exact) mass is 397 g/mol. The number of thioether (sulfide) groups is 1. The van der Waals surface area contributed by atoms with E-state index in [0.29, 0.717) is 17.3 Å². The summed E-state index contributed by atoms with van der Waals surface area (Å²) in [6, 6.07) is 2.25. The number of amidine groups is 1. The summed E-state index contributed by atoms with van der Waals surface area (Å²) in [5.74, 6) is -2.10. The third-order valence-electron chi connectivity index (χ3n) is 3.92. The maximum absolute atomic E-state index is 14.4. The van der Waals surface area contributed by atoms with Gasteiger partial charge in [0.2, 0.25) is 0 Å². The molecule has 0 radical (unpaired) electrons. The number of carbonyl (C=O) groups excluding carboxylic acids is 1. The van der Waals surface area contributed by atoms with Crippen LogP contribution in [0.3, 0.4) is 0 Å². The minimum absolute atomic E-state index is 0.0109. The number of nitrogens with one attached hydrogen (secondary N) is 1. The van der Waals surface area contributed by atoms with Crippen molar-refractivity contribution in [1.82, 2.24) is 9.97 Å². The fourth-order valence-corrected chi connectivity index (χ4v) is 3.63. The molecule has 0 spiro atoms. The van der Waals surface area contributed by atoms with Crippen molar-refractivity contribution in [3.05, 3.63) is 52.6 Å². The standard InChI is InChI=1S/C16H14ClF2N5OS/c1-16(2-3-26-15(20)24-16)9-4-8(5-10(18)13(9)19)23-14(25)11-6-22-12(17)7-21-11/h4-7H,2-3H2,1H3,(H2,20,24)(H,23,25). The average molecular weight is 398 g/mol. The number of nitrogens with zero attached hydrogens (tertiary/aromatic N) is 3. The number of nitrogens with two attached hydrogens (primary N) is 1. The topological polar surface area (TPSA) is 93.3 Å². The van der Waals surface area contributed by atoms with Crippen LogP contribution in [0.2, 0.25) is 5.15 Å². The number of hydrogen-bond donors (Lipinski definition) is 2. The van der Waals surface area contributed by atoms with Gasteiger partial charge in [0, 0.05) is 23.1 Å². The molecule has 136 valence electrons. The molecule has 1 aliphatic heterocycles. The molecule has 2 heterocycles. The second kappa shape index (κ2) is 7.16. The lowest BCUT2D eigenvalue weighted by molar-refractivity contribution is 0.102. The van der Waals surface area contributed by atoms with Crippen LogP contribution >= 0.6 is 23.4 Å². The van der Waals surface area contributed by atoms with E-state index >= 15 is 0 Å². The molecule has 1 amide bonds. The summed E-state index contributed by atoms with van der Waals surface area (Å²) in [4.78, 5) is 24.1. The van der Waals surface area contributed by atoms with Crippen molar-refractivity contribution < 1.29 is 13.6 Å². The zero-order chi connectivity index (χ0) is 18.9. The molecule has 1 aromatic carbocycles. The maximum Gasteiger partial charge on any atom is 0.275 e. The molecule has 6 nitrogen and oxygen atoms in total. The third-order valence-corrected chi connectivity index (χ3v) is 4.91. The highest BCUT2D eigenvalue weighted by molar-refractivity contribution is 8.13. The van der Waals surface area contributed by atoms with Crippen LogP contribution in [0.25, 0.3) is 0 Å². The van der Waals surface area contributed by atoms with Gasteiger partial charge in [-0.3, -0.25) is 9.79 Å². The van der Waals surface area contributed by atoms with Crippen LogP contribution in [-0.4, -0.2) is 26.8 Å². The van der Waals surface area contributed by atoms with E-state index in [4.69, 9.17) is 17.3 Å². The molecule has 0 bridgehead atoms. The van der Waals surface area contributed by atoms with Crippen molar-refractivity contribution in [2.45, 2.75) is 18.9 Å². The Balaban J connectivity index is 1.94. The predicted octanol–water partition coefficient (Wildman–Crippen LogP) is 3.33. The molecule has 1 unspecified atom stereocenters. The summed E-state index contributed by atoms with van der Waals surface area (Å²) in [5, 5.41) is 2.92. The van der Waals surface area contributed by atoms with Gasteiger partial charge >= 0.3 is 0 Å². The number of benzene rings is 1. The first-order chi connectivity index (χ1) is 12.3. The lowest BCUT2D eigenvalue weighted by Gasteiger charge is -2.30. The van der Waals surface area contributed by atoms with Crippen molar-refractivity contribution in [3.63, 3.8) is 0 Å². The van der Waals surface area contributed by atoms with Crippen molar-refractivity contribution in [3.8, 4) is 0 Å². The maximum atomic E-state index is 14.4. The van der Waals surface area contributed by atoms with E-state index in [-0.39, 0.29) is 22.1 Å². The second-order valence-corrected chi connectivity index (χ2v) is 7.32. The van der Waals surface area contributed by atoms with Gasteiger partial charge in [-0.1, -0.05) is 23.4 Å². The van der Waals surface area contributed by atoms with E-state index in [0.717, 1.165) is 6.07 Å². The van der Waals surface area contributed by atoms with Gasteiger partial charge in [-0.05, 0) is 19.4 Å². The summed E-state index contributed by atoms with van der Waals surface area (Å²) in [6.45, 7) is 1.67. The van der Waals surface area contributed by atoms with Gasteiger partial charge in [-0.25, -0.2) is 18.7 Å². The van der Waals surface area contributed by atoms with Gasteiger partial charge in [0.15, 0.2) is 16.8 Å². The zero-order valence-electron chi connectivity index (χ0n) is 13.6. The van der Waals surface area contributed by atoms with E-state index < -0.39 is 23.1 Å². The molecule has 1 atom stereocenters. The second-order valence-electron chi connectivity index (χ2n) is 5.82. The van der Waals surface area contributed by atoms with Crippen molar-refractivity contribution >= 4 is 40.1 Å². The molecular weight excluding hydrogens is 384 g/mol. The van der Waals surface area contributed by atoms with Crippen LogP contribution in [0.15, 0.2) is 29.5 Å². The van der Waals surface area contributed by atoms with Gasteiger partial charge in [0.1, 0.15) is 10.8 Å². The van der Waals surface area contributed by atoms with Gasteiger partial charge in [0.25, 0.3) is 5.91 Å². The minimum Gasteiger partial charge on any atom is -0.379 e. The Kier molecular flexibility index (Phi) is 5.10. The molecule has 0 fully saturated rings. The summed E-state index contributed by atoms with van der Waals surface area (Å²) in [7, 11) is 0. The van der Waals surface area contributed by atoms with Crippen molar-refractivity contribution in [1.29, 1.82) is 0 Å². The van der Waals surface area contributed by atoms with E-state index in [2.05, 4.69) is 20.3 Å². The number of hydrogen-bond acceptors (Lipinski definition) is 6. The first-order valence-electron chi connectivity index (χ1n) is 7.55. The van der Waals surface area contributed by atoms with E-state index in [1.165, 1.54) is 30.2 Å². The molecule has 3 N–H and O–H groups in total. The highest BCUT2D eigenvalue weighted by Gasteiger charge is 2.33. The molecule has 0 aliphatic carbocycles. The smallest absolute Gasteiger partial charge is 0.275 e.